The molecule has 12 heteroatoms. The van der Waals surface area contributed by atoms with Crippen molar-refractivity contribution in [2.24, 2.45) is 17.8 Å². The van der Waals surface area contributed by atoms with Crippen LogP contribution < -0.4 is 10.1 Å². The number of aryl methyl sites for hydroxylation is 1. The summed E-state index contributed by atoms with van der Waals surface area (Å²) >= 11 is 0. The fraction of sp³-hybridized carbons (Fsp3) is 0.513. The van der Waals surface area contributed by atoms with Crippen LogP contribution in [0.2, 0.25) is 0 Å². The summed E-state index contributed by atoms with van der Waals surface area (Å²) in [5.41, 5.74) is 1.47. The van der Waals surface area contributed by atoms with Gasteiger partial charge in [0.05, 0.1) is 35.8 Å². The first kappa shape index (κ1) is 41.0. The first-order valence-electron chi connectivity index (χ1n) is 17.0. The number of Topliss-reactive ketones (excluding diaryl/α,β-unsaturated/α-hetero) is 1. The number of carbonyl (C=O) groups is 3. The minimum atomic E-state index is -1.83. The maximum Gasteiger partial charge on any atom is 0.312 e. The van der Waals surface area contributed by atoms with Gasteiger partial charge in [-0.05, 0) is 58.7 Å². The Bertz CT molecular complexity index is 1760. The summed E-state index contributed by atoms with van der Waals surface area (Å²) < 4.78 is 22.8. The number of benzene rings is 2. The van der Waals surface area contributed by atoms with Crippen molar-refractivity contribution in [2.45, 2.75) is 106 Å². The smallest absolute Gasteiger partial charge is 0.312 e. The first-order valence-corrected chi connectivity index (χ1v) is 17.0. The Labute approximate surface area is 299 Å². The highest BCUT2D eigenvalue weighted by atomic mass is 16.7. The highest BCUT2D eigenvalue weighted by Gasteiger charge is 2.49. The van der Waals surface area contributed by atoms with E-state index in [1.54, 1.807) is 72.8 Å². The van der Waals surface area contributed by atoms with E-state index in [1.807, 2.05) is 6.92 Å². The lowest BCUT2D eigenvalue weighted by molar-refractivity contribution is -0.149. The molecule has 51 heavy (non-hydrogen) atoms. The van der Waals surface area contributed by atoms with Crippen LogP contribution in [0, 0.1) is 38.5 Å². The molecule has 5 N–H and O–H groups in total. The number of aliphatic hydroxyl groups excluding tert-OH is 2. The van der Waals surface area contributed by atoms with Gasteiger partial charge >= 0.3 is 11.8 Å². The predicted molar refractivity (Wildman–Crippen MR) is 194 cm³/mol. The Hall–Kier alpha value is -4.39. The van der Waals surface area contributed by atoms with E-state index < -0.39 is 47.9 Å². The van der Waals surface area contributed by atoms with Gasteiger partial charge in [-0.2, -0.15) is 0 Å². The van der Waals surface area contributed by atoms with Crippen molar-refractivity contribution in [1.29, 1.82) is 0 Å². The predicted octanol–water partition coefficient (Wildman–Crippen LogP) is 6.06. The zero-order chi connectivity index (χ0) is 38.7. The second-order valence-electron chi connectivity index (χ2n) is 13.7. The molecule has 2 aromatic carbocycles. The molecule has 3 rings (SSSR count). The van der Waals surface area contributed by atoms with E-state index in [0.29, 0.717) is 11.1 Å². The molecular weight excluding hydrogens is 658 g/mol. The molecule has 0 spiro atoms. The number of nitrogens with one attached hydrogen (secondary N) is 1. The van der Waals surface area contributed by atoms with Crippen LogP contribution in [-0.2, 0) is 23.8 Å². The molecule has 0 saturated carbocycles. The van der Waals surface area contributed by atoms with E-state index in [9.17, 15) is 34.8 Å². The lowest BCUT2D eigenvalue weighted by atomic mass is 9.89. The first-order chi connectivity index (χ1) is 23.7. The van der Waals surface area contributed by atoms with Gasteiger partial charge in [-0.15, -0.1) is 0 Å². The average Bonchev–Trinajstić information content (AvgIpc) is 3.33. The summed E-state index contributed by atoms with van der Waals surface area (Å²) in [6.07, 6.45) is 5.36. The van der Waals surface area contributed by atoms with Crippen molar-refractivity contribution < 1.29 is 53.8 Å². The molecule has 0 fully saturated rings. The molecule has 1 aliphatic rings. The number of rotatable bonds is 14. The lowest BCUT2D eigenvalue weighted by Crippen LogP contribution is -2.38. The molecular formula is C39H53NO11. The van der Waals surface area contributed by atoms with Crippen molar-refractivity contribution in [3.63, 3.8) is 0 Å². The number of hydrogen-bond acceptors (Lipinski definition) is 11. The summed E-state index contributed by atoms with van der Waals surface area (Å²) in [7, 11) is 1.50. The molecule has 0 radical (unpaired) electrons. The number of ketones is 1. The van der Waals surface area contributed by atoms with Gasteiger partial charge in [0.2, 0.25) is 0 Å². The van der Waals surface area contributed by atoms with E-state index in [0.717, 1.165) is 0 Å². The van der Waals surface area contributed by atoms with Crippen molar-refractivity contribution in [3.05, 3.63) is 58.4 Å². The minimum Gasteiger partial charge on any atom is -0.507 e. The number of phenols is 2. The van der Waals surface area contributed by atoms with Crippen molar-refractivity contribution in [3.8, 4) is 17.2 Å². The molecule has 1 aliphatic heterocycles. The number of anilines is 1. The number of carbonyl (C=O) groups excluding carboxylic acids is 3. The molecule has 12 nitrogen and oxygen atoms in total. The molecule has 1 heterocycles. The third-order valence-electron chi connectivity index (χ3n) is 10.0. The van der Waals surface area contributed by atoms with Crippen LogP contribution in [0.4, 0.5) is 5.69 Å². The van der Waals surface area contributed by atoms with Gasteiger partial charge in [-0.25, -0.2) is 0 Å². The maximum absolute atomic E-state index is 14.0. The van der Waals surface area contributed by atoms with E-state index in [-0.39, 0.29) is 68.2 Å². The Morgan fingerprint density at radius 3 is 2.10 bits per heavy atom. The Morgan fingerprint density at radius 1 is 0.902 bits per heavy atom. The highest BCUT2D eigenvalue weighted by Crippen LogP contribution is 2.52. The number of aromatic hydroxyl groups is 2. The van der Waals surface area contributed by atoms with E-state index in [4.69, 9.17) is 18.9 Å². The summed E-state index contributed by atoms with van der Waals surface area (Å²) in [5, 5.41) is 46.3. The number of allylic oxidation sites excluding steroid dienone is 2. The number of amides is 1. The third kappa shape index (κ3) is 8.40. The molecule has 2 aromatic rings. The molecule has 1 amide bonds. The fourth-order valence-electron chi connectivity index (χ4n) is 6.05. The minimum absolute atomic E-state index is 0.0188. The molecule has 0 aliphatic carbocycles. The number of hydrogen-bond donors (Lipinski definition) is 5. The van der Waals surface area contributed by atoms with Crippen LogP contribution in [0.3, 0.4) is 0 Å². The van der Waals surface area contributed by atoms with Gasteiger partial charge in [0, 0.05) is 60.6 Å². The second-order valence-corrected chi connectivity index (χ2v) is 13.7. The van der Waals surface area contributed by atoms with Crippen molar-refractivity contribution >= 4 is 34.1 Å². The van der Waals surface area contributed by atoms with Gasteiger partial charge in [0.15, 0.2) is 0 Å². The quantitative estimate of drug-likeness (QED) is 0.0384. The molecule has 0 aromatic heterocycles. The number of fused-ring (bicyclic) bond motifs is 3. The number of ether oxygens (including phenoxy) is 4. The van der Waals surface area contributed by atoms with Crippen LogP contribution in [0.5, 0.6) is 17.2 Å². The van der Waals surface area contributed by atoms with Crippen molar-refractivity contribution in [2.75, 3.05) is 12.4 Å². The standard InChI is InChI=1S/C39H53NO11/c1-18(33(43)22(5)25(8)41)14-13-15-19(2)38(47)40-32-24(7)34(44)30-29(35(32)45)20(3)21(4)36-31(30)37(46)39(11,51-36)49-17-16-28(48-12)23(6)26(9)50-27(10)42/h13-18,22-23,25-26,28,33,41,43-45H,1-12H3,(H,40,47)/b14-13+,17-16+,19-15-/t18-,22?,23?,25-,26-,28?,33?,39?/m0/s1. The molecule has 8 atom stereocenters. The van der Waals surface area contributed by atoms with Gasteiger partial charge in [-0.1, -0.05) is 39.0 Å². The van der Waals surface area contributed by atoms with Gasteiger partial charge in [0.25, 0.3) is 11.7 Å². The Morgan fingerprint density at radius 2 is 1.53 bits per heavy atom. The summed E-state index contributed by atoms with van der Waals surface area (Å²) in [6.45, 7) is 18.1. The zero-order valence-corrected chi connectivity index (χ0v) is 31.6. The van der Waals surface area contributed by atoms with E-state index in [2.05, 4.69) is 5.32 Å². The zero-order valence-electron chi connectivity index (χ0n) is 31.6. The fourth-order valence-corrected chi connectivity index (χ4v) is 6.05. The monoisotopic (exact) mass is 711 g/mol. The van der Waals surface area contributed by atoms with E-state index in [1.165, 1.54) is 34.1 Å². The normalized spacial score (nSPS) is 20.4. The van der Waals surface area contributed by atoms with Crippen LogP contribution in [0.25, 0.3) is 10.8 Å². The molecule has 0 bridgehead atoms. The number of methoxy groups -OCH3 is 1. The van der Waals surface area contributed by atoms with Crippen LogP contribution in [-0.4, -0.2) is 75.4 Å². The molecule has 280 valence electrons. The third-order valence-corrected chi connectivity index (χ3v) is 10.0. The van der Waals surface area contributed by atoms with Crippen LogP contribution in [0.15, 0.2) is 36.1 Å². The Balaban J connectivity index is 1.95. The largest absolute Gasteiger partial charge is 0.507 e. The van der Waals surface area contributed by atoms with E-state index >= 15 is 0 Å². The van der Waals surface area contributed by atoms with Crippen LogP contribution in [0.1, 0.15) is 82.4 Å². The maximum atomic E-state index is 14.0. The number of phenolic OH excluding ortho intramolecular Hbond substituents is 2. The topological polar surface area (TPSA) is 181 Å². The number of esters is 1. The SMILES string of the molecule is COC(/C=C/OC1(C)Oc2c(C)c(C)c3c(O)c(NC(=O)/C(C)=C\C=C\[C@H](C)C(O)C(C)[C@H](C)O)c(C)c(O)c3c2C1=O)C(C)[C@H](C)OC(C)=O. The highest BCUT2D eigenvalue weighted by molar-refractivity contribution is 6.21. The Kier molecular flexibility index (Phi) is 13.1. The molecule has 5 unspecified atom stereocenters. The lowest BCUT2D eigenvalue weighted by Gasteiger charge is -2.26. The van der Waals surface area contributed by atoms with Gasteiger partial charge in [-0.3, -0.25) is 14.4 Å². The second kappa shape index (κ2) is 16.3. The van der Waals surface area contributed by atoms with Crippen LogP contribution >= 0.6 is 0 Å². The van der Waals surface area contributed by atoms with Gasteiger partial charge in [0.1, 0.15) is 23.4 Å². The number of aliphatic hydroxyl groups is 2. The van der Waals surface area contributed by atoms with Gasteiger partial charge < -0.3 is 44.7 Å². The average molecular weight is 712 g/mol. The van der Waals surface area contributed by atoms with Crippen molar-refractivity contribution in [1.82, 2.24) is 0 Å². The summed E-state index contributed by atoms with van der Waals surface area (Å²) in [6, 6.07) is 0. The summed E-state index contributed by atoms with van der Waals surface area (Å²) in [5.74, 6) is -4.72. The summed E-state index contributed by atoms with van der Waals surface area (Å²) in [4.78, 5) is 38.7. The molecule has 0 saturated heterocycles.